The molecule has 2 aliphatic rings. The third kappa shape index (κ3) is 3.96. The number of carbonyl (C=O) groups excluding carboxylic acids is 1. The Morgan fingerprint density at radius 3 is 2.48 bits per heavy atom. The summed E-state index contributed by atoms with van der Waals surface area (Å²) in [5.74, 6) is 0.116. The highest BCUT2D eigenvalue weighted by Gasteiger charge is 2.38. The summed E-state index contributed by atoms with van der Waals surface area (Å²) in [4.78, 5) is 15.0. The summed E-state index contributed by atoms with van der Waals surface area (Å²) in [6.45, 7) is 7.93. The molecule has 1 amide bonds. The zero-order valence-corrected chi connectivity index (χ0v) is 13.6. The predicted octanol–water partition coefficient (Wildman–Crippen LogP) is 1.12. The van der Waals surface area contributed by atoms with E-state index in [1.54, 1.807) is 0 Å². The first-order valence-corrected chi connectivity index (χ1v) is 8.41. The van der Waals surface area contributed by atoms with Crippen LogP contribution in [0.2, 0.25) is 0 Å². The van der Waals surface area contributed by atoms with Crippen molar-refractivity contribution in [1.29, 1.82) is 0 Å². The molecule has 0 aromatic carbocycles. The Morgan fingerprint density at radius 1 is 1.29 bits per heavy atom. The van der Waals surface area contributed by atoms with Crippen molar-refractivity contribution in [3.05, 3.63) is 0 Å². The lowest BCUT2D eigenvalue weighted by atomic mass is 9.79. The van der Waals surface area contributed by atoms with Crippen LogP contribution in [0.4, 0.5) is 0 Å². The largest absolute Gasteiger partial charge is 0.381 e. The van der Waals surface area contributed by atoms with E-state index < -0.39 is 5.41 Å². The number of hydrogen-bond donors (Lipinski definition) is 2. The van der Waals surface area contributed by atoms with Gasteiger partial charge in [0.05, 0.1) is 5.41 Å². The standard InChI is InChI=1S/C16H31N3O2/c1-13-4-3-5-14(2)19(13)9-8-18-15(20)16(12-17)6-10-21-11-7-16/h13-14H,3-12,17H2,1-2H3,(H,18,20). The van der Waals surface area contributed by atoms with Gasteiger partial charge in [-0.3, -0.25) is 9.69 Å². The highest BCUT2D eigenvalue weighted by Crippen LogP contribution is 2.29. The average molecular weight is 297 g/mol. The lowest BCUT2D eigenvalue weighted by molar-refractivity contribution is -0.136. The van der Waals surface area contributed by atoms with Gasteiger partial charge in [-0.15, -0.1) is 0 Å². The fraction of sp³-hybridized carbons (Fsp3) is 0.938. The van der Waals surface area contributed by atoms with Crippen molar-refractivity contribution < 1.29 is 9.53 Å². The molecule has 5 heteroatoms. The van der Waals surface area contributed by atoms with Crippen LogP contribution < -0.4 is 11.1 Å². The van der Waals surface area contributed by atoms with Gasteiger partial charge in [-0.25, -0.2) is 0 Å². The number of nitrogens with one attached hydrogen (secondary N) is 1. The van der Waals surface area contributed by atoms with Crippen LogP contribution in [0.3, 0.4) is 0 Å². The predicted molar refractivity (Wildman–Crippen MR) is 84.0 cm³/mol. The van der Waals surface area contributed by atoms with Gasteiger partial charge in [0, 0.05) is 44.9 Å². The van der Waals surface area contributed by atoms with E-state index in [0.29, 0.717) is 31.8 Å². The highest BCUT2D eigenvalue weighted by molar-refractivity contribution is 5.83. The Bertz CT molecular complexity index is 332. The van der Waals surface area contributed by atoms with Gasteiger partial charge in [0.1, 0.15) is 0 Å². The summed E-state index contributed by atoms with van der Waals surface area (Å²) in [5.41, 5.74) is 5.47. The third-order valence-electron chi connectivity index (χ3n) is 5.35. The molecule has 0 aromatic heterocycles. The maximum Gasteiger partial charge on any atom is 0.227 e. The average Bonchev–Trinajstić information content (AvgIpc) is 2.50. The van der Waals surface area contributed by atoms with Gasteiger partial charge in [-0.2, -0.15) is 0 Å². The van der Waals surface area contributed by atoms with E-state index in [2.05, 4.69) is 24.1 Å². The summed E-state index contributed by atoms with van der Waals surface area (Å²) < 4.78 is 5.36. The van der Waals surface area contributed by atoms with E-state index in [1.807, 2.05) is 0 Å². The Labute approximate surface area is 128 Å². The number of ether oxygens (including phenoxy) is 1. The van der Waals surface area contributed by atoms with Crippen molar-refractivity contribution in [1.82, 2.24) is 10.2 Å². The van der Waals surface area contributed by atoms with E-state index in [1.165, 1.54) is 19.3 Å². The number of nitrogens with zero attached hydrogens (tertiary/aromatic N) is 1. The second-order valence-corrected chi connectivity index (χ2v) is 6.72. The van der Waals surface area contributed by atoms with Gasteiger partial charge >= 0.3 is 0 Å². The fourth-order valence-electron chi connectivity index (χ4n) is 3.69. The molecule has 3 N–H and O–H groups in total. The van der Waals surface area contributed by atoms with Crippen molar-refractivity contribution in [3.8, 4) is 0 Å². The van der Waals surface area contributed by atoms with Crippen LogP contribution in [-0.2, 0) is 9.53 Å². The summed E-state index contributed by atoms with van der Waals surface area (Å²) >= 11 is 0. The molecule has 0 bridgehead atoms. The van der Waals surface area contributed by atoms with Crippen molar-refractivity contribution in [2.75, 3.05) is 32.8 Å². The quantitative estimate of drug-likeness (QED) is 0.798. The topological polar surface area (TPSA) is 67.6 Å². The number of carbonyl (C=O) groups is 1. The lowest BCUT2D eigenvalue weighted by Crippen LogP contribution is -2.52. The van der Waals surface area contributed by atoms with Crippen molar-refractivity contribution in [2.45, 2.75) is 58.0 Å². The van der Waals surface area contributed by atoms with E-state index in [0.717, 1.165) is 25.9 Å². The molecular formula is C16H31N3O2. The molecule has 2 aliphatic heterocycles. The molecule has 0 spiro atoms. The summed E-state index contributed by atoms with van der Waals surface area (Å²) in [7, 11) is 0. The summed E-state index contributed by atoms with van der Waals surface area (Å²) in [6, 6.07) is 1.24. The van der Waals surface area contributed by atoms with Gasteiger partial charge in [0.2, 0.25) is 5.91 Å². The Hall–Kier alpha value is -0.650. The Balaban J connectivity index is 1.80. The number of rotatable bonds is 5. The molecule has 5 nitrogen and oxygen atoms in total. The lowest BCUT2D eigenvalue weighted by Gasteiger charge is -2.39. The SMILES string of the molecule is CC1CCCC(C)N1CCNC(=O)C1(CN)CCOCC1. The van der Waals surface area contributed by atoms with Crippen LogP contribution in [0, 0.1) is 5.41 Å². The molecule has 2 saturated heterocycles. The van der Waals surface area contributed by atoms with E-state index in [9.17, 15) is 4.79 Å². The monoisotopic (exact) mass is 297 g/mol. The van der Waals surface area contributed by atoms with Gasteiger partial charge in [0.15, 0.2) is 0 Å². The molecule has 122 valence electrons. The van der Waals surface area contributed by atoms with Gasteiger partial charge in [-0.05, 0) is 39.5 Å². The van der Waals surface area contributed by atoms with E-state index in [4.69, 9.17) is 10.5 Å². The van der Waals surface area contributed by atoms with Crippen LogP contribution in [0.1, 0.15) is 46.0 Å². The molecule has 2 rings (SSSR count). The second-order valence-electron chi connectivity index (χ2n) is 6.72. The molecule has 0 radical (unpaired) electrons. The summed E-state index contributed by atoms with van der Waals surface area (Å²) in [6.07, 6.45) is 5.34. The van der Waals surface area contributed by atoms with E-state index in [-0.39, 0.29) is 5.91 Å². The maximum absolute atomic E-state index is 12.5. The molecule has 2 heterocycles. The Morgan fingerprint density at radius 2 is 1.90 bits per heavy atom. The van der Waals surface area contributed by atoms with Crippen LogP contribution in [0.25, 0.3) is 0 Å². The van der Waals surface area contributed by atoms with Crippen LogP contribution >= 0.6 is 0 Å². The molecule has 0 aliphatic carbocycles. The molecular weight excluding hydrogens is 266 g/mol. The number of hydrogen-bond acceptors (Lipinski definition) is 4. The number of nitrogens with two attached hydrogens (primary N) is 1. The maximum atomic E-state index is 12.5. The number of likely N-dealkylation sites (tertiary alicyclic amines) is 1. The normalized spacial score (nSPS) is 30.0. The Kier molecular flexibility index (Phi) is 6.02. The van der Waals surface area contributed by atoms with Crippen LogP contribution in [0.5, 0.6) is 0 Å². The zero-order valence-electron chi connectivity index (χ0n) is 13.6. The van der Waals surface area contributed by atoms with Gasteiger partial charge in [-0.1, -0.05) is 6.42 Å². The molecule has 2 atom stereocenters. The zero-order chi connectivity index (χ0) is 15.3. The fourth-order valence-corrected chi connectivity index (χ4v) is 3.69. The van der Waals surface area contributed by atoms with Crippen LogP contribution in [0.15, 0.2) is 0 Å². The minimum atomic E-state index is -0.405. The minimum Gasteiger partial charge on any atom is -0.381 e. The van der Waals surface area contributed by atoms with Crippen molar-refractivity contribution in [2.24, 2.45) is 11.1 Å². The summed E-state index contributed by atoms with van der Waals surface area (Å²) in [5, 5.41) is 3.12. The van der Waals surface area contributed by atoms with Crippen molar-refractivity contribution >= 4 is 5.91 Å². The first-order chi connectivity index (χ1) is 10.1. The first-order valence-electron chi connectivity index (χ1n) is 8.41. The van der Waals surface area contributed by atoms with Crippen molar-refractivity contribution in [3.63, 3.8) is 0 Å². The second kappa shape index (κ2) is 7.56. The first kappa shape index (κ1) is 16.7. The molecule has 0 saturated carbocycles. The molecule has 2 fully saturated rings. The number of amides is 1. The molecule has 2 unspecified atom stereocenters. The highest BCUT2D eigenvalue weighted by atomic mass is 16.5. The van der Waals surface area contributed by atoms with Gasteiger partial charge < -0.3 is 15.8 Å². The minimum absolute atomic E-state index is 0.116. The molecule has 0 aromatic rings. The number of piperidine rings is 1. The smallest absolute Gasteiger partial charge is 0.227 e. The van der Waals surface area contributed by atoms with Crippen LogP contribution in [-0.4, -0.2) is 55.7 Å². The van der Waals surface area contributed by atoms with Gasteiger partial charge in [0.25, 0.3) is 0 Å². The van der Waals surface area contributed by atoms with E-state index >= 15 is 0 Å². The molecule has 21 heavy (non-hydrogen) atoms. The third-order valence-corrected chi connectivity index (χ3v) is 5.35.